The molecule has 0 unspecified atom stereocenters. The molecule has 8 heteroatoms. The summed E-state index contributed by atoms with van der Waals surface area (Å²) in [6.45, 7) is 2.00. The standard InChI is InChI=1S/C14H19N5O2S/c1-4-5-12-14(16-9-8-15-12)18-22(20,21)11-6-7-13(17-10-11)19(2)3/h6-10H,4-5H2,1-3H3,(H,16,18). The molecule has 22 heavy (non-hydrogen) atoms. The third kappa shape index (κ3) is 3.70. The first-order valence-electron chi connectivity index (χ1n) is 6.90. The van der Waals surface area contributed by atoms with Gasteiger partial charge in [0.15, 0.2) is 5.82 Å². The molecule has 1 N–H and O–H groups in total. The SMILES string of the molecule is CCCc1nccnc1NS(=O)(=O)c1ccc(N(C)C)nc1. The number of hydrogen-bond donors (Lipinski definition) is 1. The topological polar surface area (TPSA) is 88.1 Å². The number of sulfonamides is 1. The Morgan fingerprint density at radius 2 is 1.86 bits per heavy atom. The lowest BCUT2D eigenvalue weighted by Gasteiger charge is -2.13. The van der Waals surface area contributed by atoms with Crippen molar-refractivity contribution in [2.45, 2.75) is 24.7 Å². The Bertz CT molecular complexity index is 729. The highest BCUT2D eigenvalue weighted by Crippen LogP contribution is 2.18. The first-order valence-corrected chi connectivity index (χ1v) is 8.38. The van der Waals surface area contributed by atoms with E-state index in [2.05, 4.69) is 19.7 Å². The maximum Gasteiger partial charge on any atom is 0.264 e. The lowest BCUT2D eigenvalue weighted by atomic mass is 10.2. The summed E-state index contributed by atoms with van der Waals surface area (Å²) in [7, 11) is -0.0529. The molecule has 0 saturated carbocycles. The van der Waals surface area contributed by atoms with Crippen LogP contribution < -0.4 is 9.62 Å². The molecule has 0 aromatic carbocycles. The maximum atomic E-state index is 12.4. The number of pyridine rings is 1. The molecule has 2 aromatic heterocycles. The van der Waals surface area contributed by atoms with Gasteiger partial charge in [0.25, 0.3) is 10.0 Å². The van der Waals surface area contributed by atoms with E-state index in [1.807, 2.05) is 21.0 Å². The fourth-order valence-corrected chi connectivity index (χ4v) is 2.84. The van der Waals surface area contributed by atoms with E-state index >= 15 is 0 Å². The summed E-state index contributed by atoms with van der Waals surface area (Å²) >= 11 is 0. The molecular formula is C14H19N5O2S. The smallest absolute Gasteiger partial charge is 0.264 e. The summed E-state index contributed by atoms with van der Waals surface area (Å²) < 4.78 is 27.3. The predicted molar refractivity (Wildman–Crippen MR) is 85.4 cm³/mol. The Morgan fingerprint density at radius 1 is 1.14 bits per heavy atom. The van der Waals surface area contributed by atoms with Crippen molar-refractivity contribution in [3.05, 3.63) is 36.4 Å². The van der Waals surface area contributed by atoms with E-state index < -0.39 is 10.0 Å². The molecule has 0 aliphatic rings. The molecular weight excluding hydrogens is 302 g/mol. The van der Waals surface area contributed by atoms with E-state index in [1.165, 1.54) is 18.5 Å². The Hall–Kier alpha value is -2.22. The minimum Gasteiger partial charge on any atom is -0.363 e. The fraction of sp³-hybridized carbons (Fsp3) is 0.357. The summed E-state index contributed by atoms with van der Waals surface area (Å²) in [6.07, 6.45) is 5.85. The second kappa shape index (κ2) is 6.69. The van der Waals surface area contributed by atoms with Crippen molar-refractivity contribution in [3.63, 3.8) is 0 Å². The van der Waals surface area contributed by atoms with Crippen molar-refractivity contribution in [2.75, 3.05) is 23.7 Å². The Balaban J connectivity index is 2.28. The highest BCUT2D eigenvalue weighted by atomic mass is 32.2. The number of nitrogens with zero attached hydrogens (tertiary/aromatic N) is 4. The minimum absolute atomic E-state index is 0.0891. The van der Waals surface area contributed by atoms with E-state index in [4.69, 9.17) is 0 Å². The van der Waals surface area contributed by atoms with E-state index in [1.54, 1.807) is 17.2 Å². The van der Waals surface area contributed by atoms with Crippen molar-refractivity contribution < 1.29 is 8.42 Å². The van der Waals surface area contributed by atoms with Crippen LogP contribution in [0.15, 0.2) is 35.6 Å². The van der Waals surface area contributed by atoms with Crippen molar-refractivity contribution >= 4 is 21.7 Å². The molecule has 2 rings (SSSR count). The van der Waals surface area contributed by atoms with Crippen molar-refractivity contribution in [1.82, 2.24) is 15.0 Å². The molecule has 0 fully saturated rings. The quantitative estimate of drug-likeness (QED) is 0.871. The van der Waals surface area contributed by atoms with Gasteiger partial charge in [-0.25, -0.2) is 18.4 Å². The highest BCUT2D eigenvalue weighted by molar-refractivity contribution is 7.92. The van der Waals surface area contributed by atoms with Crippen LogP contribution in [-0.4, -0.2) is 37.5 Å². The van der Waals surface area contributed by atoms with Gasteiger partial charge in [-0.1, -0.05) is 13.3 Å². The molecule has 0 spiro atoms. The Kier molecular flexibility index (Phi) is 4.92. The highest BCUT2D eigenvalue weighted by Gasteiger charge is 2.18. The Morgan fingerprint density at radius 3 is 2.45 bits per heavy atom. The third-order valence-corrected chi connectivity index (χ3v) is 4.31. The zero-order valence-corrected chi connectivity index (χ0v) is 13.6. The van der Waals surface area contributed by atoms with Gasteiger partial charge >= 0.3 is 0 Å². The lowest BCUT2D eigenvalue weighted by Crippen LogP contribution is -2.17. The minimum atomic E-state index is -3.73. The monoisotopic (exact) mass is 321 g/mol. The molecule has 0 bridgehead atoms. The molecule has 7 nitrogen and oxygen atoms in total. The van der Waals surface area contributed by atoms with Crippen LogP contribution in [0.3, 0.4) is 0 Å². The lowest BCUT2D eigenvalue weighted by molar-refractivity contribution is 0.600. The van der Waals surface area contributed by atoms with Gasteiger partial charge in [-0.05, 0) is 18.6 Å². The summed E-state index contributed by atoms with van der Waals surface area (Å²) in [4.78, 5) is 14.2. The van der Waals surface area contributed by atoms with E-state index in [0.29, 0.717) is 17.9 Å². The first-order chi connectivity index (χ1) is 10.4. The average molecular weight is 321 g/mol. The van der Waals surface area contributed by atoms with E-state index in [9.17, 15) is 8.42 Å². The van der Waals surface area contributed by atoms with Crippen LogP contribution >= 0.6 is 0 Å². The zero-order chi connectivity index (χ0) is 16.2. The number of hydrogen-bond acceptors (Lipinski definition) is 6. The number of nitrogens with one attached hydrogen (secondary N) is 1. The molecule has 118 valence electrons. The molecule has 0 radical (unpaired) electrons. The van der Waals surface area contributed by atoms with Crippen LogP contribution in [0.5, 0.6) is 0 Å². The van der Waals surface area contributed by atoms with Crippen LogP contribution in [0.4, 0.5) is 11.6 Å². The van der Waals surface area contributed by atoms with Gasteiger partial charge in [0.1, 0.15) is 10.7 Å². The van der Waals surface area contributed by atoms with Crippen molar-refractivity contribution in [2.24, 2.45) is 0 Å². The molecule has 2 aromatic rings. The normalized spacial score (nSPS) is 11.2. The van der Waals surface area contributed by atoms with Crippen LogP contribution in [-0.2, 0) is 16.4 Å². The fourth-order valence-electron chi connectivity index (χ4n) is 1.85. The average Bonchev–Trinajstić information content (AvgIpc) is 2.49. The van der Waals surface area contributed by atoms with E-state index in [0.717, 1.165) is 6.42 Å². The molecule has 0 saturated heterocycles. The second-order valence-corrected chi connectivity index (χ2v) is 6.64. The zero-order valence-electron chi connectivity index (χ0n) is 12.8. The van der Waals surface area contributed by atoms with Crippen LogP contribution in [0, 0.1) is 0 Å². The van der Waals surface area contributed by atoms with Crippen molar-refractivity contribution in [1.29, 1.82) is 0 Å². The molecule has 0 atom stereocenters. The largest absolute Gasteiger partial charge is 0.363 e. The van der Waals surface area contributed by atoms with Gasteiger partial charge in [0.2, 0.25) is 0 Å². The maximum absolute atomic E-state index is 12.4. The van der Waals surface area contributed by atoms with Crippen molar-refractivity contribution in [3.8, 4) is 0 Å². The first kappa shape index (κ1) is 16.2. The van der Waals surface area contributed by atoms with Gasteiger partial charge in [0.05, 0.1) is 5.69 Å². The molecule has 2 heterocycles. The number of aromatic nitrogens is 3. The molecule has 0 amide bonds. The third-order valence-electron chi connectivity index (χ3n) is 2.98. The summed E-state index contributed by atoms with van der Waals surface area (Å²) in [5.74, 6) is 0.950. The number of aryl methyl sites for hydroxylation is 1. The summed E-state index contributed by atoms with van der Waals surface area (Å²) in [6, 6.07) is 3.17. The van der Waals surface area contributed by atoms with Gasteiger partial charge in [0, 0.05) is 32.7 Å². The van der Waals surface area contributed by atoms with Crippen LogP contribution in [0.25, 0.3) is 0 Å². The Labute approximate surface area is 130 Å². The summed E-state index contributed by atoms with van der Waals surface area (Å²) in [5.41, 5.74) is 0.631. The number of rotatable bonds is 6. The van der Waals surface area contributed by atoms with Crippen LogP contribution in [0.1, 0.15) is 19.0 Å². The van der Waals surface area contributed by atoms with Gasteiger partial charge in [-0.15, -0.1) is 0 Å². The predicted octanol–water partition coefficient (Wildman–Crippen LogP) is 1.69. The van der Waals surface area contributed by atoms with Gasteiger partial charge in [-0.2, -0.15) is 0 Å². The van der Waals surface area contributed by atoms with Crippen LogP contribution in [0.2, 0.25) is 0 Å². The number of anilines is 2. The summed E-state index contributed by atoms with van der Waals surface area (Å²) in [5, 5.41) is 0. The van der Waals surface area contributed by atoms with E-state index in [-0.39, 0.29) is 10.7 Å². The van der Waals surface area contributed by atoms with Gasteiger partial charge < -0.3 is 4.90 Å². The molecule has 0 aliphatic carbocycles. The molecule has 0 aliphatic heterocycles. The second-order valence-electron chi connectivity index (χ2n) is 4.95. The van der Waals surface area contributed by atoms with Gasteiger partial charge in [-0.3, -0.25) is 9.71 Å².